The van der Waals surface area contributed by atoms with Crippen molar-refractivity contribution in [3.8, 4) is 5.75 Å². The molecule has 2 heterocycles. The van der Waals surface area contributed by atoms with Gasteiger partial charge in [0.15, 0.2) is 0 Å². The van der Waals surface area contributed by atoms with Crippen LogP contribution < -0.4 is 14.5 Å². The molecule has 0 unspecified atom stereocenters. The van der Waals surface area contributed by atoms with Crippen LogP contribution in [0.1, 0.15) is 37.7 Å². The Hall–Kier alpha value is -3.48. The van der Waals surface area contributed by atoms with E-state index in [2.05, 4.69) is 0 Å². The number of carbonyl (C=O) groups is 4. The summed E-state index contributed by atoms with van der Waals surface area (Å²) in [6.45, 7) is 2.23. The lowest BCUT2D eigenvalue weighted by atomic mass is 9.81. The molecule has 1 aliphatic carbocycles. The van der Waals surface area contributed by atoms with E-state index in [0.29, 0.717) is 5.69 Å². The van der Waals surface area contributed by atoms with Crippen molar-refractivity contribution in [3.63, 3.8) is 0 Å². The lowest BCUT2D eigenvalue weighted by Crippen LogP contribution is -2.31. The van der Waals surface area contributed by atoms with Gasteiger partial charge in [-0.05, 0) is 44.0 Å². The quantitative estimate of drug-likeness (QED) is 0.407. The van der Waals surface area contributed by atoms with E-state index < -0.39 is 11.9 Å². The van der Waals surface area contributed by atoms with Gasteiger partial charge in [0.25, 0.3) is 0 Å². The summed E-state index contributed by atoms with van der Waals surface area (Å²) in [7, 11) is 0. The summed E-state index contributed by atoms with van der Waals surface area (Å²) in [6, 6.07) is 14.1. The maximum absolute atomic E-state index is 12.9. The summed E-state index contributed by atoms with van der Waals surface area (Å²) < 4.78 is 5.57. The highest BCUT2D eigenvalue weighted by Gasteiger charge is 2.48. The van der Waals surface area contributed by atoms with Gasteiger partial charge in [-0.15, -0.1) is 0 Å². The van der Waals surface area contributed by atoms with E-state index in [1.165, 1.54) is 4.90 Å². The molecule has 2 aromatic rings. The highest BCUT2D eigenvalue weighted by Crippen LogP contribution is 2.40. The number of carbonyl (C=O) groups excluding carboxylic acids is 4. The molecule has 2 aliphatic heterocycles. The van der Waals surface area contributed by atoms with Crippen LogP contribution in [-0.2, 0) is 19.2 Å². The van der Waals surface area contributed by atoms with Crippen molar-refractivity contribution < 1.29 is 23.9 Å². The van der Waals surface area contributed by atoms with Crippen molar-refractivity contribution in [1.82, 2.24) is 0 Å². The first-order valence-corrected chi connectivity index (χ1v) is 11.5. The molecule has 1 saturated carbocycles. The number of anilines is 2. The van der Waals surface area contributed by atoms with Crippen molar-refractivity contribution >= 4 is 35.1 Å². The molecule has 7 nitrogen and oxygen atoms in total. The smallest absolute Gasteiger partial charge is 0.316 e. The molecule has 0 aromatic heterocycles. The van der Waals surface area contributed by atoms with Crippen LogP contribution in [0.3, 0.4) is 0 Å². The van der Waals surface area contributed by atoms with Crippen molar-refractivity contribution in [3.05, 3.63) is 54.1 Å². The lowest BCUT2D eigenvalue weighted by molar-refractivity contribution is -0.139. The fourth-order valence-electron chi connectivity index (χ4n) is 5.14. The summed E-state index contributed by atoms with van der Waals surface area (Å²) in [4.78, 5) is 53.9. The minimum atomic E-state index is -0.583. The number of esters is 1. The van der Waals surface area contributed by atoms with Crippen LogP contribution in [0.4, 0.5) is 11.4 Å². The van der Waals surface area contributed by atoms with Gasteiger partial charge in [-0.1, -0.05) is 36.6 Å². The third-order valence-electron chi connectivity index (χ3n) is 6.94. The first-order chi connectivity index (χ1) is 15.9. The number of hydrogen-bond acceptors (Lipinski definition) is 5. The Balaban J connectivity index is 1.29. The summed E-state index contributed by atoms with van der Waals surface area (Å²) >= 11 is 0. The minimum Gasteiger partial charge on any atom is -0.426 e. The van der Waals surface area contributed by atoms with E-state index in [9.17, 15) is 19.2 Å². The molecule has 5 rings (SSSR count). The van der Waals surface area contributed by atoms with E-state index >= 15 is 0 Å². The van der Waals surface area contributed by atoms with Crippen LogP contribution in [0.25, 0.3) is 0 Å². The molecule has 7 heteroatoms. The summed E-state index contributed by atoms with van der Waals surface area (Å²) in [6.07, 6.45) is 3.50. The van der Waals surface area contributed by atoms with Crippen molar-refractivity contribution in [2.24, 2.45) is 17.8 Å². The zero-order chi connectivity index (χ0) is 23.1. The number of amides is 3. The number of nitrogens with zero attached hydrogens (tertiary/aromatic N) is 2. The number of rotatable bonds is 4. The van der Waals surface area contributed by atoms with Crippen molar-refractivity contribution in [2.75, 3.05) is 16.3 Å². The topological polar surface area (TPSA) is 84.0 Å². The average molecular weight is 447 g/mol. The average Bonchev–Trinajstić information content (AvgIpc) is 3.32. The normalized spacial score (nSPS) is 24.9. The first-order valence-electron chi connectivity index (χ1n) is 11.5. The Morgan fingerprint density at radius 2 is 1.58 bits per heavy atom. The van der Waals surface area contributed by atoms with E-state index in [1.54, 1.807) is 29.2 Å². The van der Waals surface area contributed by atoms with E-state index in [1.807, 2.05) is 31.2 Å². The van der Waals surface area contributed by atoms with Crippen LogP contribution in [-0.4, -0.2) is 30.2 Å². The van der Waals surface area contributed by atoms with Crippen LogP contribution in [0.2, 0.25) is 0 Å². The zero-order valence-corrected chi connectivity index (χ0v) is 18.5. The molecule has 0 radical (unpaired) electrons. The Kier molecular flexibility index (Phi) is 5.48. The van der Waals surface area contributed by atoms with Gasteiger partial charge in [-0.25, -0.2) is 4.90 Å². The number of ether oxygens (including phenoxy) is 1. The fourth-order valence-corrected chi connectivity index (χ4v) is 5.14. The predicted molar refractivity (Wildman–Crippen MR) is 122 cm³/mol. The van der Waals surface area contributed by atoms with Gasteiger partial charge in [0.1, 0.15) is 5.75 Å². The molecule has 3 atom stereocenters. The second-order valence-corrected chi connectivity index (χ2v) is 9.17. The van der Waals surface area contributed by atoms with Crippen LogP contribution in [0.15, 0.2) is 48.5 Å². The third kappa shape index (κ3) is 3.92. The molecular weight excluding hydrogens is 420 g/mol. The van der Waals surface area contributed by atoms with E-state index in [-0.39, 0.29) is 48.3 Å². The fraction of sp³-hybridized carbons (Fsp3) is 0.385. The Labute approximate surface area is 192 Å². The van der Waals surface area contributed by atoms with Gasteiger partial charge in [0.05, 0.1) is 23.4 Å². The molecule has 170 valence electrons. The number of hydrogen-bond donors (Lipinski definition) is 0. The van der Waals surface area contributed by atoms with Crippen LogP contribution in [0, 0.1) is 24.7 Å². The van der Waals surface area contributed by atoms with E-state index in [4.69, 9.17) is 4.74 Å². The molecule has 2 saturated heterocycles. The molecule has 3 amide bonds. The molecular formula is C26H26N2O5. The van der Waals surface area contributed by atoms with Gasteiger partial charge < -0.3 is 9.64 Å². The molecule has 0 spiro atoms. The Morgan fingerprint density at radius 3 is 2.24 bits per heavy atom. The standard InChI is InChI=1S/C26H26N2O5/c1-16-9-11-18(12-10-16)27-15-17(13-23(27)29)26(32)33-20-6-4-5-19(14-20)28-24(30)21-7-2-3-8-22(21)25(28)31/h4-6,9-12,14,17,21-22H,2-3,7-8,13,15H2,1H3/t17-,21-,22-/m1/s1. The van der Waals surface area contributed by atoms with Gasteiger partial charge in [-0.2, -0.15) is 0 Å². The highest BCUT2D eigenvalue weighted by atomic mass is 16.5. The monoisotopic (exact) mass is 446 g/mol. The largest absolute Gasteiger partial charge is 0.426 e. The van der Waals surface area contributed by atoms with Crippen LogP contribution >= 0.6 is 0 Å². The third-order valence-corrected chi connectivity index (χ3v) is 6.94. The summed E-state index contributed by atoms with van der Waals surface area (Å²) in [5.74, 6) is -1.75. The minimum absolute atomic E-state index is 0.0822. The SMILES string of the molecule is Cc1ccc(N2C[C@H](C(=O)Oc3cccc(N4C(=O)[C@@H]5CCCC[C@H]5C4=O)c3)CC2=O)cc1. The Morgan fingerprint density at radius 1 is 0.909 bits per heavy atom. The van der Waals surface area contributed by atoms with Gasteiger partial charge >= 0.3 is 5.97 Å². The zero-order valence-electron chi connectivity index (χ0n) is 18.5. The number of benzene rings is 2. The van der Waals surface area contributed by atoms with Crippen molar-refractivity contribution in [2.45, 2.75) is 39.0 Å². The molecule has 2 aromatic carbocycles. The first kappa shape index (κ1) is 21.4. The van der Waals surface area contributed by atoms with E-state index in [0.717, 1.165) is 36.9 Å². The number of imide groups is 1. The molecule has 0 N–H and O–H groups in total. The Bertz CT molecular complexity index is 1100. The second kappa shape index (κ2) is 8.46. The maximum Gasteiger partial charge on any atom is 0.316 e. The summed E-state index contributed by atoms with van der Waals surface area (Å²) in [5, 5.41) is 0. The second-order valence-electron chi connectivity index (χ2n) is 9.17. The van der Waals surface area contributed by atoms with Crippen LogP contribution in [0.5, 0.6) is 5.75 Å². The lowest BCUT2D eigenvalue weighted by Gasteiger charge is -2.19. The maximum atomic E-state index is 12.9. The van der Waals surface area contributed by atoms with Gasteiger partial charge in [-0.3, -0.25) is 19.2 Å². The molecule has 3 fully saturated rings. The molecule has 3 aliphatic rings. The molecule has 33 heavy (non-hydrogen) atoms. The predicted octanol–water partition coefficient (Wildman–Crippen LogP) is 3.63. The highest BCUT2D eigenvalue weighted by molar-refractivity contribution is 6.22. The number of fused-ring (bicyclic) bond motifs is 1. The molecule has 0 bridgehead atoms. The van der Waals surface area contributed by atoms with Crippen molar-refractivity contribution in [1.29, 1.82) is 0 Å². The summed E-state index contributed by atoms with van der Waals surface area (Å²) in [5.41, 5.74) is 2.28. The van der Waals surface area contributed by atoms with Gasteiger partial charge in [0.2, 0.25) is 17.7 Å². The van der Waals surface area contributed by atoms with Gasteiger partial charge in [0, 0.05) is 24.7 Å². The number of aryl methyl sites for hydroxylation is 1.